The summed E-state index contributed by atoms with van der Waals surface area (Å²) >= 11 is 6.35. The first-order chi connectivity index (χ1) is 10.7. The Morgan fingerprint density at radius 1 is 1.05 bits per heavy atom. The number of amides is 1. The van der Waals surface area contributed by atoms with Crippen molar-refractivity contribution in [1.29, 1.82) is 0 Å². The summed E-state index contributed by atoms with van der Waals surface area (Å²) in [6.07, 6.45) is 0. The minimum atomic E-state index is -1.32. The number of hydrogen-bond donors (Lipinski definition) is 0. The summed E-state index contributed by atoms with van der Waals surface area (Å²) in [5.74, 6) is -1.54. The van der Waals surface area contributed by atoms with Crippen LogP contribution in [0.3, 0.4) is 0 Å². The summed E-state index contributed by atoms with van der Waals surface area (Å²) in [5.41, 5.74) is 2.40. The molecule has 0 atom stereocenters. The van der Waals surface area contributed by atoms with Crippen molar-refractivity contribution in [2.45, 2.75) is 12.3 Å². The molecule has 1 spiro atoms. The van der Waals surface area contributed by atoms with Crippen molar-refractivity contribution < 1.29 is 14.3 Å². The van der Waals surface area contributed by atoms with E-state index in [1.807, 2.05) is 42.5 Å². The van der Waals surface area contributed by atoms with E-state index < -0.39 is 5.79 Å². The average molecular weight is 316 g/mol. The molecule has 4 nitrogen and oxygen atoms in total. The minimum absolute atomic E-state index is 0.211. The van der Waals surface area contributed by atoms with E-state index in [1.165, 1.54) is 0 Å². The number of benzene rings is 2. The molecule has 2 aromatic rings. The van der Waals surface area contributed by atoms with Gasteiger partial charge in [0, 0.05) is 5.56 Å². The van der Waals surface area contributed by atoms with E-state index in [4.69, 9.17) is 21.1 Å². The van der Waals surface area contributed by atoms with E-state index in [1.54, 1.807) is 11.0 Å². The van der Waals surface area contributed by atoms with Crippen LogP contribution in [0.5, 0.6) is 0 Å². The molecule has 0 aliphatic carbocycles. The first-order valence-electron chi connectivity index (χ1n) is 7.15. The van der Waals surface area contributed by atoms with Gasteiger partial charge in [-0.1, -0.05) is 54.1 Å². The van der Waals surface area contributed by atoms with Crippen LogP contribution in [0, 0.1) is 0 Å². The van der Waals surface area contributed by atoms with Crippen LogP contribution >= 0.6 is 11.6 Å². The monoisotopic (exact) mass is 315 g/mol. The smallest absolute Gasteiger partial charge is 0.292 e. The molecule has 1 saturated heterocycles. The second-order valence-electron chi connectivity index (χ2n) is 5.33. The second kappa shape index (κ2) is 5.09. The second-order valence-corrected chi connectivity index (χ2v) is 5.73. The zero-order chi connectivity index (χ0) is 15.2. The molecule has 2 aliphatic heterocycles. The predicted octanol–water partition coefficient (Wildman–Crippen LogP) is 3.09. The summed E-state index contributed by atoms with van der Waals surface area (Å²) in [5, 5.41) is 0.526. The lowest BCUT2D eigenvalue weighted by atomic mass is 10.1. The van der Waals surface area contributed by atoms with Gasteiger partial charge in [-0.3, -0.25) is 4.79 Å². The van der Waals surface area contributed by atoms with Crippen LogP contribution in [-0.2, 0) is 26.6 Å². The minimum Gasteiger partial charge on any atom is -0.336 e. The van der Waals surface area contributed by atoms with Crippen LogP contribution in [-0.4, -0.2) is 19.1 Å². The van der Waals surface area contributed by atoms with Gasteiger partial charge in [-0.15, -0.1) is 0 Å². The van der Waals surface area contributed by atoms with Crippen LogP contribution < -0.4 is 4.90 Å². The molecular formula is C17H14ClNO3. The van der Waals surface area contributed by atoms with Gasteiger partial charge in [0.05, 0.1) is 30.5 Å². The fourth-order valence-electron chi connectivity index (χ4n) is 3.06. The van der Waals surface area contributed by atoms with Crippen LogP contribution in [0.25, 0.3) is 0 Å². The molecule has 0 radical (unpaired) electrons. The first-order valence-corrected chi connectivity index (χ1v) is 7.53. The molecule has 2 heterocycles. The lowest BCUT2D eigenvalue weighted by molar-refractivity contribution is -0.180. The van der Waals surface area contributed by atoms with Crippen molar-refractivity contribution >= 4 is 23.2 Å². The molecule has 4 rings (SSSR count). The highest BCUT2D eigenvalue weighted by molar-refractivity contribution is 6.35. The van der Waals surface area contributed by atoms with E-state index in [0.29, 0.717) is 36.0 Å². The van der Waals surface area contributed by atoms with Gasteiger partial charge in [-0.2, -0.15) is 0 Å². The molecule has 0 aromatic heterocycles. The highest BCUT2D eigenvalue weighted by Crippen LogP contribution is 2.49. The van der Waals surface area contributed by atoms with Crippen molar-refractivity contribution in [3.8, 4) is 0 Å². The van der Waals surface area contributed by atoms with Gasteiger partial charge in [0.1, 0.15) is 0 Å². The van der Waals surface area contributed by atoms with Crippen LogP contribution in [0.2, 0.25) is 5.02 Å². The maximum Gasteiger partial charge on any atom is 0.292 e. The average Bonchev–Trinajstić information content (AvgIpc) is 3.11. The summed E-state index contributed by atoms with van der Waals surface area (Å²) in [4.78, 5) is 14.6. The van der Waals surface area contributed by atoms with Gasteiger partial charge in [0.2, 0.25) is 0 Å². The third kappa shape index (κ3) is 1.88. The molecule has 2 aromatic carbocycles. The molecule has 5 heteroatoms. The van der Waals surface area contributed by atoms with Gasteiger partial charge < -0.3 is 14.4 Å². The number of rotatable bonds is 2. The summed E-state index contributed by atoms with van der Waals surface area (Å²) < 4.78 is 11.4. The summed E-state index contributed by atoms with van der Waals surface area (Å²) in [6.45, 7) is 1.23. The highest BCUT2D eigenvalue weighted by Gasteiger charge is 2.56. The Labute approximate surface area is 133 Å². The number of fused-ring (bicyclic) bond motifs is 2. The molecule has 112 valence electrons. The normalized spacial score (nSPS) is 19.0. The SMILES string of the molecule is O=C1N(Cc2ccccc2)c2c(Cl)cccc2C12OCCO2. The highest BCUT2D eigenvalue weighted by atomic mass is 35.5. The van der Waals surface area contributed by atoms with Gasteiger partial charge in [-0.25, -0.2) is 0 Å². The topological polar surface area (TPSA) is 38.8 Å². The molecule has 1 fully saturated rings. The van der Waals surface area contributed by atoms with Gasteiger partial charge in [-0.05, 0) is 11.6 Å². The Morgan fingerprint density at radius 2 is 1.77 bits per heavy atom. The fraction of sp³-hybridized carbons (Fsp3) is 0.235. The van der Waals surface area contributed by atoms with Crippen molar-refractivity contribution in [3.63, 3.8) is 0 Å². The molecule has 0 N–H and O–H groups in total. The predicted molar refractivity (Wildman–Crippen MR) is 82.7 cm³/mol. The largest absolute Gasteiger partial charge is 0.336 e. The lowest BCUT2D eigenvalue weighted by Crippen LogP contribution is -2.40. The standard InChI is InChI=1S/C17H14ClNO3/c18-14-8-4-7-13-15(14)19(11-12-5-2-1-3-6-12)16(20)17(13)21-9-10-22-17/h1-8H,9-11H2. The molecule has 0 bridgehead atoms. The van der Waals surface area contributed by atoms with Crippen LogP contribution in [0.1, 0.15) is 11.1 Å². The molecule has 1 amide bonds. The van der Waals surface area contributed by atoms with Gasteiger partial charge in [0.25, 0.3) is 11.7 Å². The Morgan fingerprint density at radius 3 is 2.50 bits per heavy atom. The maximum atomic E-state index is 13.0. The van der Waals surface area contributed by atoms with Crippen LogP contribution in [0.4, 0.5) is 5.69 Å². The first kappa shape index (κ1) is 13.8. The maximum absolute atomic E-state index is 13.0. The number of para-hydroxylation sites is 1. The third-order valence-electron chi connectivity index (χ3n) is 4.02. The zero-order valence-corrected chi connectivity index (χ0v) is 12.5. The third-order valence-corrected chi connectivity index (χ3v) is 4.32. The summed E-state index contributed by atoms with van der Waals surface area (Å²) in [7, 11) is 0. The van der Waals surface area contributed by atoms with Crippen molar-refractivity contribution in [1.82, 2.24) is 0 Å². The molecular weight excluding hydrogens is 302 g/mol. The number of carbonyl (C=O) groups excluding carboxylic acids is 1. The van der Waals surface area contributed by atoms with E-state index >= 15 is 0 Å². The number of hydrogen-bond acceptors (Lipinski definition) is 3. The van der Waals surface area contributed by atoms with Gasteiger partial charge in [0.15, 0.2) is 0 Å². The molecule has 0 saturated carbocycles. The number of ether oxygens (including phenoxy) is 2. The van der Waals surface area contributed by atoms with E-state index in [-0.39, 0.29) is 5.91 Å². The van der Waals surface area contributed by atoms with Crippen molar-refractivity contribution in [3.05, 3.63) is 64.7 Å². The van der Waals surface area contributed by atoms with E-state index in [9.17, 15) is 4.79 Å². The van der Waals surface area contributed by atoms with Crippen LogP contribution in [0.15, 0.2) is 48.5 Å². The quantitative estimate of drug-likeness (QED) is 0.855. The fourth-order valence-corrected chi connectivity index (χ4v) is 3.33. The molecule has 22 heavy (non-hydrogen) atoms. The Kier molecular flexibility index (Phi) is 3.18. The number of nitrogens with zero attached hydrogens (tertiary/aromatic N) is 1. The van der Waals surface area contributed by atoms with Crippen molar-refractivity contribution in [2.24, 2.45) is 0 Å². The van der Waals surface area contributed by atoms with Gasteiger partial charge >= 0.3 is 0 Å². The Balaban J connectivity index is 1.82. The molecule has 0 unspecified atom stereocenters. The number of anilines is 1. The number of carbonyl (C=O) groups is 1. The Bertz CT molecular complexity index is 726. The number of halogens is 1. The lowest BCUT2D eigenvalue weighted by Gasteiger charge is -2.22. The summed E-state index contributed by atoms with van der Waals surface area (Å²) in [6, 6.07) is 15.2. The molecule has 2 aliphatic rings. The van der Waals surface area contributed by atoms with Crippen molar-refractivity contribution in [2.75, 3.05) is 18.1 Å². The van der Waals surface area contributed by atoms with E-state index in [2.05, 4.69) is 0 Å². The Hall–Kier alpha value is -1.88. The zero-order valence-electron chi connectivity index (χ0n) is 11.8. The van der Waals surface area contributed by atoms with E-state index in [0.717, 1.165) is 5.56 Å².